The van der Waals surface area contributed by atoms with Crippen molar-refractivity contribution in [1.82, 2.24) is 4.90 Å². The Morgan fingerprint density at radius 1 is 1.41 bits per heavy atom. The van der Waals surface area contributed by atoms with E-state index in [2.05, 4.69) is 0 Å². The predicted octanol–water partition coefficient (Wildman–Crippen LogP) is 3.15. The fourth-order valence-corrected chi connectivity index (χ4v) is 2.42. The van der Waals surface area contributed by atoms with Crippen molar-refractivity contribution in [3.8, 4) is 11.5 Å². The van der Waals surface area contributed by atoms with Gasteiger partial charge in [-0.1, -0.05) is 0 Å². The Morgan fingerprint density at radius 2 is 2.09 bits per heavy atom. The Balaban J connectivity index is 2.31. The van der Waals surface area contributed by atoms with Gasteiger partial charge in [-0.25, -0.2) is 0 Å². The van der Waals surface area contributed by atoms with E-state index in [1.54, 1.807) is 32.0 Å². The standard InChI is InChI=1S/C15H18F3NO3/c1-14(2)9-19(13(20)7-15(16,17)18)8-10-6-11(21-3)4-5-12(10)22-14/h4-6H,7-9H2,1-3H3. The molecule has 0 spiro atoms. The van der Waals surface area contributed by atoms with Crippen LogP contribution in [0.1, 0.15) is 25.8 Å². The summed E-state index contributed by atoms with van der Waals surface area (Å²) in [5.74, 6) is 0.151. The number of ether oxygens (including phenoxy) is 2. The molecule has 0 saturated heterocycles. The molecule has 1 aliphatic heterocycles. The molecular weight excluding hydrogens is 299 g/mol. The Bertz CT molecular complexity index is 570. The van der Waals surface area contributed by atoms with Gasteiger partial charge in [-0.05, 0) is 32.0 Å². The molecule has 0 N–H and O–H groups in total. The third-order valence-electron chi connectivity index (χ3n) is 3.29. The van der Waals surface area contributed by atoms with Gasteiger partial charge in [0.05, 0.1) is 13.7 Å². The van der Waals surface area contributed by atoms with Crippen molar-refractivity contribution in [2.24, 2.45) is 0 Å². The molecule has 0 radical (unpaired) electrons. The number of rotatable bonds is 2. The van der Waals surface area contributed by atoms with Gasteiger partial charge in [0, 0.05) is 12.1 Å². The summed E-state index contributed by atoms with van der Waals surface area (Å²) in [4.78, 5) is 13.1. The third-order valence-corrected chi connectivity index (χ3v) is 3.29. The zero-order valence-corrected chi connectivity index (χ0v) is 12.7. The average Bonchev–Trinajstić information content (AvgIpc) is 2.50. The quantitative estimate of drug-likeness (QED) is 0.841. The van der Waals surface area contributed by atoms with Gasteiger partial charge in [0.2, 0.25) is 5.91 Å². The molecule has 0 aliphatic carbocycles. The maximum atomic E-state index is 12.5. The molecule has 0 saturated carbocycles. The molecule has 7 heteroatoms. The highest BCUT2D eigenvalue weighted by Crippen LogP contribution is 2.33. The number of benzene rings is 1. The molecular formula is C15H18F3NO3. The molecule has 0 bridgehead atoms. The first-order chi connectivity index (χ1) is 10.1. The van der Waals surface area contributed by atoms with E-state index in [0.29, 0.717) is 17.1 Å². The highest BCUT2D eigenvalue weighted by molar-refractivity contribution is 5.77. The monoisotopic (exact) mass is 317 g/mol. The lowest BCUT2D eigenvalue weighted by Crippen LogP contribution is -2.44. The number of alkyl halides is 3. The second-order valence-corrected chi connectivity index (χ2v) is 5.88. The molecule has 4 nitrogen and oxygen atoms in total. The Morgan fingerprint density at radius 3 is 2.68 bits per heavy atom. The SMILES string of the molecule is COc1ccc2c(c1)CN(C(=O)CC(F)(F)F)CC(C)(C)O2. The van der Waals surface area contributed by atoms with E-state index < -0.39 is 24.1 Å². The molecule has 1 amide bonds. The minimum absolute atomic E-state index is 0.0604. The zero-order chi connectivity index (χ0) is 16.5. The highest BCUT2D eigenvalue weighted by Gasteiger charge is 2.37. The molecule has 2 rings (SSSR count). The van der Waals surface area contributed by atoms with Crippen molar-refractivity contribution in [3.05, 3.63) is 23.8 Å². The molecule has 22 heavy (non-hydrogen) atoms. The largest absolute Gasteiger partial charge is 0.497 e. The zero-order valence-electron chi connectivity index (χ0n) is 12.7. The van der Waals surface area contributed by atoms with Crippen molar-refractivity contribution in [2.45, 2.75) is 38.6 Å². The van der Waals surface area contributed by atoms with Crippen molar-refractivity contribution >= 4 is 5.91 Å². The highest BCUT2D eigenvalue weighted by atomic mass is 19.4. The minimum Gasteiger partial charge on any atom is -0.497 e. The normalized spacial score (nSPS) is 17.3. The Hall–Kier alpha value is -1.92. The molecule has 0 unspecified atom stereocenters. The number of carbonyl (C=O) groups excluding carboxylic acids is 1. The average molecular weight is 317 g/mol. The molecule has 122 valence electrons. The summed E-state index contributed by atoms with van der Waals surface area (Å²) in [5.41, 5.74) is -0.151. The van der Waals surface area contributed by atoms with E-state index in [4.69, 9.17) is 9.47 Å². The van der Waals surface area contributed by atoms with E-state index in [9.17, 15) is 18.0 Å². The van der Waals surface area contributed by atoms with Crippen molar-refractivity contribution in [1.29, 1.82) is 0 Å². The molecule has 1 aromatic rings. The van der Waals surface area contributed by atoms with Crippen LogP contribution in [0.3, 0.4) is 0 Å². The summed E-state index contributed by atoms with van der Waals surface area (Å²) in [7, 11) is 1.50. The number of nitrogens with zero attached hydrogens (tertiary/aromatic N) is 1. The van der Waals surface area contributed by atoms with Crippen molar-refractivity contribution in [2.75, 3.05) is 13.7 Å². The smallest absolute Gasteiger partial charge is 0.397 e. The fraction of sp³-hybridized carbons (Fsp3) is 0.533. The number of carbonyl (C=O) groups is 1. The number of halogens is 3. The van der Waals surface area contributed by atoms with Gasteiger partial charge in [0.25, 0.3) is 0 Å². The topological polar surface area (TPSA) is 38.8 Å². The van der Waals surface area contributed by atoms with Crippen molar-refractivity contribution in [3.63, 3.8) is 0 Å². The number of methoxy groups -OCH3 is 1. The molecule has 1 heterocycles. The first-order valence-electron chi connectivity index (χ1n) is 6.80. The van der Waals surface area contributed by atoms with Gasteiger partial charge in [-0.15, -0.1) is 0 Å². The molecule has 0 aromatic heterocycles. The molecule has 0 atom stereocenters. The fourth-order valence-electron chi connectivity index (χ4n) is 2.42. The first kappa shape index (κ1) is 16.5. The lowest BCUT2D eigenvalue weighted by atomic mass is 10.1. The number of amides is 1. The lowest BCUT2D eigenvalue weighted by molar-refractivity contribution is -0.163. The van der Waals surface area contributed by atoms with E-state index in [1.165, 1.54) is 12.0 Å². The van der Waals surface area contributed by atoms with Crippen LogP contribution in [0.25, 0.3) is 0 Å². The van der Waals surface area contributed by atoms with Gasteiger partial charge < -0.3 is 14.4 Å². The Labute approximate surface area is 126 Å². The maximum Gasteiger partial charge on any atom is 0.397 e. The van der Waals surface area contributed by atoms with Gasteiger partial charge >= 0.3 is 6.18 Å². The van der Waals surface area contributed by atoms with Crippen LogP contribution < -0.4 is 9.47 Å². The molecule has 1 aliphatic rings. The van der Waals surface area contributed by atoms with Crippen LogP contribution in [-0.4, -0.2) is 36.2 Å². The van der Waals surface area contributed by atoms with Crippen LogP contribution in [0.15, 0.2) is 18.2 Å². The Kier molecular flexibility index (Phi) is 4.26. The second kappa shape index (κ2) is 5.70. The summed E-state index contributed by atoms with van der Waals surface area (Å²) < 4.78 is 48.3. The van der Waals surface area contributed by atoms with Crippen LogP contribution in [0.2, 0.25) is 0 Å². The van der Waals surface area contributed by atoms with Crippen LogP contribution in [-0.2, 0) is 11.3 Å². The maximum absolute atomic E-state index is 12.5. The van der Waals surface area contributed by atoms with Gasteiger partial charge in [0.15, 0.2) is 0 Å². The summed E-state index contributed by atoms with van der Waals surface area (Å²) in [5, 5.41) is 0. The van der Waals surface area contributed by atoms with Crippen LogP contribution in [0.4, 0.5) is 13.2 Å². The number of fused-ring (bicyclic) bond motifs is 1. The van der Waals surface area contributed by atoms with E-state index >= 15 is 0 Å². The van der Waals surface area contributed by atoms with Crippen LogP contribution in [0, 0.1) is 0 Å². The summed E-state index contributed by atoms with van der Waals surface area (Å²) in [6.45, 7) is 3.62. The lowest BCUT2D eigenvalue weighted by Gasteiger charge is -2.29. The van der Waals surface area contributed by atoms with Gasteiger partial charge in [0.1, 0.15) is 23.5 Å². The molecule has 0 fully saturated rings. The summed E-state index contributed by atoms with van der Waals surface area (Å²) in [6, 6.07) is 5.08. The first-order valence-corrected chi connectivity index (χ1v) is 6.80. The number of hydrogen-bond acceptors (Lipinski definition) is 3. The second-order valence-electron chi connectivity index (χ2n) is 5.88. The van der Waals surface area contributed by atoms with Crippen LogP contribution >= 0.6 is 0 Å². The summed E-state index contributed by atoms with van der Waals surface area (Å²) in [6.07, 6.45) is -5.99. The third kappa shape index (κ3) is 4.05. The van der Waals surface area contributed by atoms with Crippen molar-refractivity contribution < 1.29 is 27.4 Å². The van der Waals surface area contributed by atoms with E-state index in [0.717, 1.165) is 0 Å². The predicted molar refractivity (Wildman–Crippen MR) is 73.8 cm³/mol. The van der Waals surface area contributed by atoms with E-state index in [-0.39, 0.29) is 13.1 Å². The number of hydrogen-bond donors (Lipinski definition) is 0. The summed E-state index contributed by atoms with van der Waals surface area (Å²) >= 11 is 0. The van der Waals surface area contributed by atoms with Crippen LogP contribution in [0.5, 0.6) is 11.5 Å². The molecule has 1 aromatic carbocycles. The van der Waals surface area contributed by atoms with E-state index in [1.807, 2.05) is 0 Å². The van der Waals surface area contributed by atoms with Gasteiger partial charge in [-0.2, -0.15) is 13.2 Å². The minimum atomic E-state index is -4.52. The van der Waals surface area contributed by atoms with Gasteiger partial charge in [-0.3, -0.25) is 4.79 Å².